The van der Waals surface area contributed by atoms with Gasteiger partial charge in [0, 0.05) is 18.3 Å². The van der Waals surface area contributed by atoms with Crippen molar-refractivity contribution in [2.24, 2.45) is 11.7 Å². The molecule has 2 aromatic heterocycles. The van der Waals surface area contributed by atoms with Crippen LogP contribution in [0.25, 0.3) is 11.3 Å². The molecule has 1 saturated carbocycles. The Morgan fingerprint density at radius 1 is 1.17 bits per heavy atom. The highest BCUT2D eigenvalue weighted by Crippen LogP contribution is 2.43. The normalized spacial score (nSPS) is 23.9. The predicted octanol–water partition coefficient (Wildman–Crippen LogP) is 4.30. The fourth-order valence-electron chi connectivity index (χ4n) is 4.76. The average Bonchev–Trinajstić information content (AvgIpc) is 2.78. The summed E-state index contributed by atoms with van der Waals surface area (Å²) in [6, 6.07) is 4.18. The number of aromatic nitrogens is 2. The van der Waals surface area contributed by atoms with Gasteiger partial charge in [-0.3, -0.25) is 9.78 Å². The number of benzene rings is 1. The lowest BCUT2D eigenvalue weighted by Gasteiger charge is -2.44. The zero-order valence-corrected chi connectivity index (χ0v) is 20.1. The van der Waals surface area contributed by atoms with Gasteiger partial charge in [-0.15, -0.1) is 0 Å². The molecule has 1 amide bonds. The van der Waals surface area contributed by atoms with Crippen molar-refractivity contribution in [3.8, 4) is 11.3 Å². The minimum atomic E-state index is -1.06. The van der Waals surface area contributed by atoms with Crippen LogP contribution in [0.2, 0.25) is 0 Å². The molecule has 4 rings (SSSR count). The Balaban J connectivity index is 1.68. The third-order valence-corrected chi connectivity index (χ3v) is 7.11. The number of nitrogens with two attached hydrogens (primary N) is 2. The molecule has 6 N–H and O–H groups in total. The van der Waals surface area contributed by atoms with E-state index in [1.807, 2.05) is 6.92 Å². The molecule has 1 fully saturated rings. The Hall–Kier alpha value is -3.50. The van der Waals surface area contributed by atoms with Gasteiger partial charge in [0.1, 0.15) is 17.3 Å². The molecular formula is C26H28F3N5O2. The van der Waals surface area contributed by atoms with Crippen LogP contribution in [0.4, 0.5) is 24.5 Å². The fourth-order valence-corrected chi connectivity index (χ4v) is 4.76. The van der Waals surface area contributed by atoms with Crippen molar-refractivity contribution in [2.75, 3.05) is 11.1 Å². The zero-order chi connectivity index (χ0) is 26.4. The summed E-state index contributed by atoms with van der Waals surface area (Å²) in [6.45, 7) is 5.13. The molecule has 0 unspecified atom stereocenters. The number of pyridine rings is 2. The summed E-state index contributed by atoms with van der Waals surface area (Å²) >= 11 is 0. The van der Waals surface area contributed by atoms with Crippen LogP contribution in [0, 0.1) is 30.3 Å². The maximum Gasteiger partial charge on any atom is 0.276 e. The molecule has 2 heterocycles. The van der Waals surface area contributed by atoms with E-state index in [1.54, 1.807) is 19.2 Å². The van der Waals surface area contributed by atoms with Gasteiger partial charge in [0.05, 0.1) is 28.7 Å². The number of nitrogens with zero attached hydrogens (tertiary/aromatic N) is 2. The van der Waals surface area contributed by atoms with E-state index in [1.165, 1.54) is 13.1 Å². The number of rotatable bonds is 4. The molecule has 0 radical (unpaired) electrons. The number of hydrogen-bond donors (Lipinski definition) is 4. The molecule has 10 heteroatoms. The number of amides is 1. The van der Waals surface area contributed by atoms with E-state index in [0.29, 0.717) is 24.1 Å². The topological polar surface area (TPSA) is 127 Å². The van der Waals surface area contributed by atoms with Crippen molar-refractivity contribution in [2.45, 2.75) is 51.2 Å². The third kappa shape index (κ3) is 4.66. The maximum absolute atomic E-state index is 14.7. The highest BCUT2D eigenvalue weighted by molar-refractivity contribution is 6.07. The Labute approximate surface area is 206 Å². The molecule has 190 valence electrons. The summed E-state index contributed by atoms with van der Waals surface area (Å²) in [5, 5.41) is 13.3. The number of aliphatic hydroxyl groups is 1. The Morgan fingerprint density at radius 2 is 1.83 bits per heavy atom. The number of halogens is 3. The SMILES string of the molecule is Cc1cc(F)c(-c2nc(C(=O)Nc3cnccc3[C@H]3C[C@@H](N)[C@](C)(O)[C@@H](C)C3)c(N)cc2F)c(F)c1. The van der Waals surface area contributed by atoms with E-state index >= 15 is 0 Å². The third-order valence-electron chi connectivity index (χ3n) is 7.11. The predicted molar refractivity (Wildman–Crippen MR) is 131 cm³/mol. The monoisotopic (exact) mass is 499 g/mol. The van der Waals surface area contributed by atoms with E-state index in [4.69, 9.17) is 11.5 Å². The van der Waals surface area contributed by atoms with Crippen LogP contribution < -0.4 is 16.8 Å². The van der Waals surface area contributed by atoms with Crippen LogP contribution in [0.3, 0.4) is 0 Å². The van der Waals surface area contributed by atoms with Crippen molar-refractivity contribution in [3.05, 3.63) is 70.9 Å². The molecule has 0 bridgehead atoms. The van der Waals surface area contributed by atoms with Crippen LogP contribution in [-0.2, 0) is 0 Å². The van der Waals surface area contributed by atoms with E-state index in [2.05, 4.69) is 15.3 Å². The van der Waals surface area contributed by atoms with E-state index in [9.17, 15) is 23.1 Å². The van der Waals surface area contributed by atoms with Gasteiger partial charge in [0.15, 0.2) is 11.5 Å². The second-order valence-electron chi connectivity index (χ2n) is 9.68. The van der Waals surface area contributed by atoms with Gasteiger partial charge in [-0.1, -0.05) is 6.92 Å². The summed E-state index contributed by atoms with van der Waals surface area (Å²) in [4.78, 5) is 21.2. The number of anilines is 2. The molecule has 0 spiro atoms. The second kappa shape index (κ2) is 9.51. The number of hydrogen-bond acceptors (Lipinski definition) is 6. The van der Waals surface area contributed by atoms with Crippen molar-refractivity contribution >= 4 is 17.3 Å². The molecule has 1 aromatic carbocycles. The molecule has 0 aliphatic heterocycles. The number of carbonyl (C=O) groups is 1. The van der Waals surface area contributed by atoms with Crippen LogP contribution in [0.15, 0.2) is 36.7 Å². The highest BCUT2D eigenvalue weighted by atomic mass is 19.1. The molecular weight excluding hydrogens is 471 g/mol. The first kappa shape index (κ1) is 25.6. The summed E-state index contributed by atoms with van der Waals surface area (Å²) in [6.07, 6.45) is 4.15. The van der Waals surface area contributed by atoms with Crippen LogP contribution in [-0.4, -0.2) is 32.6 Å². The van der Waals surface area contributed by atoms with Crippen molar-refractivity contribution in [3.63, 3.8) is 0 Å². The minimum absolute atomic E-state index is 0.0710. The number of carbonyl (C=O) groups excluding carboxylic acids is 1. The maximum atomic E-state index is 14.7. The first-order valence-electron chi connectivity index (χ1n) is 11.5. The minimum Gasteiger partial charge on any atom is -0.397 e. The fraction of sp³-hybridized carbons (Fsp3) is 0.346. The molecule has 3 aromatic rings. The quantitative estimate of drug-likeness (QED) is 0.424. The van der Waals surface area contributed by atoms with Gasteiger partial charge >= 0.3 is 0 Å². The Bertz CT molecular complexity index is 1290. The van der Waals surface area contributed by atoms with Gasteiger partial charge in [0.25, 0.3) is 5.91 Å². The standard InChI is InChI=1S/C26H28F3N5O2/c1-12-6-16(27)22(17(28)7-12)23-18(29)10-19(30)24(34-23)25(35)33-20-11-32-5-4-15(20)14-8-13(2)26(3,36)21(31)9-14/h4-7,10-11,13-14,21,36H,8-9,30-31H2,1-3H3,(H,33,35)/t13-,14+,21+,26+/m0/s1. The van der Waals surface area contributed by atoms with Crippen LogP contribution in [0.1, 0.15) is 54.2 Å². The molecule has 0 saturated heterocycles. The number of aryl methyl sites for hydroxylation is 1. The van der Waals surface area contributed by atoms with Crippen LogP contribution in [0.5, 0.6) is 0 Å². The lowest BCUT2D eigenvalue weighted by molar-refractivity contribution is -0.0463. The summed E-state index contributed by atoms with van der Waals surface area (Å²) in [5.41, 5.74) is 10.5. The van der Waals surface area contributed by atoms with Crippen molar-refractivity contribution < 1.29 is 23.1 Å². The molecule has 7 nitrogen and oxygen atoms in total. The van der Waals surface area contributed by atoms with Crippen molar-refractivity contribution in [1.82, 2.24) is 9.97 Å². The van der Waals surface area contributed by atoms with E-state index < -0.39 is 52.0 Å². The average molecular weight is 500 g/mol. The zero-order valence-electron chi connectivity index (χ0n) is 20.1. The first-order valence-corrected chi connectivity index (χ1v) is 11.5. The van der Waals surface area contributed by atoms with Gasteiger partial charge < -0.3 is 21.9 Å². The molecule has 36 heavy (non-hydrogen) atoms. The molecule has 1 aliphatic rings. The summed E-state index contributed by atoms with van der Waals surface area (Å²) < 4.78 is 43.7. The van der Waals surface area contributed by atoms with Gasteiger partial charge in [-0.05, 0) is 67.9 Å². The Kier molecular flexibility index (Phi) is 6.76. The van der Waals surface area contributed by atoms with Gasteiger partial charge in [-0.2, -0.15) is 0 Å². The Morgan fingerprint density at radius 3 is 2.47 bits per heavy atom. The summed E-state index contributed by atoms with van der Waals surface area (Å²) in [5.74, 6) is -4.05. The lowest BCUT2D eigenvalue weighted by Crippen LogP contribution is -2.54. The van der Waals surface area contributed by atoms with Crippen LogP contribution >= 0.6 is 0 Å². The summed E-state index contributed by atoms with van der Waals surface area (Å²) in [7, 11) is 0. The second-order valence-corrected chi connectivity index (χ2v) is 9.68. The molecule has 1 aliphatic carbocycles. The van der Waals surface area contributed by atoms with Gasteiger partial charge in [0.2, 0.25) is 0 Å². The largest absolute Gasteiger partial charge is 0.397 e. The molecule has 4 atom stereocenters. The smallest absolute Gasteiger partial charge is 0.276 e. The number of nitrogens with one attached hydrogen (secondary N) is 1. The van der Waals surface area contributed by atoms with E-state index in [-0.39, 0.29) is 17.5 Å². The first-order chi connectivity index (χ1) is 16.9. The lowest BCUT2D eigenvalue weighted by atomic mass is 9.68. The van der Waals surface area contributed by atoms with Crippen molar-refractivity contribution in [1.29, 1.82) is 0 Å². The van der Waals surface area contributed by atoms with Gasteiger partial charge in [-0.25, -0.2) is 18.2 Å². The van der Waals surface area contributed by atoms with E-state index in [0.717, 1.165) is 23.8 Å². The highest BCUT2D eigenvalue weighted by Gasteiger charge is 2.42. The number of nitrogen functional groups attached to an aromatic ring is 1.